The molecule has 0 aliphatic carbocycles. The molecule has 1 N–H and O–H groups in total. The Hall–Kier alpha value is -0.150. The molecule has 0 aromatic rings. The van der Waals surface area contributed by atoms with E-state index in [1.165, 1.54) is 0 Å². The monoisotopic (exact) mass is 144 g/mol. The lowest BCUT2D eigenvalue weighted by Gasteiger charge is -2.15. The van der Waals surface area contributed by atoms with E-state index in [1.807, 2.05) is 7.05 Å². The summed E-state index contributed by atoms with van der Waals surface area (Å²) in [5, 5.41) is 3.08. The van der Waals surface area contributed by atoms with Crippen molar-refractivity contribution in [2.75, 3.05) is 33.2 Å². The summed E-state index contributed by atoms with van der Waals surface area (Å²) in [6.07, 6.45) is 0. The van der Waals surface area contributed by atoms with Gasteiger partial charge in [-0.2, -0.15) is 0 Å². The number of nitrogens with one attached hydrogen (secondary N) is 1. The fourth-order valence-electron chi connectivity index (χ4n) is 2.08. The molecule has 0 spiro atoms. The molecule has 2 rings (SSSR count). The zero-order valence-electron chi connectivity index (χ0n) is 6.23. The Labute approximate surface area is 60.4 Å². The molecule has 2 aliphatic heterocycles. The maximum atomic E-state index is 13.6. The lowest BCUT2D eigenvalue weighted by Crippen LogP contribution is -2.33. The molecular formula is C7H13FN2. The Kier molecular flexibility index (Phi) is 1.26. The molecule has 2 fully saturated rings. The first-order chi connectivity index (χ1) is 4.71. The third-order valence-electron chi connectivity index (χ3n) is 2.61. The van der Waals surface area contributed by atoms with Gasteiger partial charge in [0, 0.05) is 32.1 Å². The van der Waals surface area contributed by atoms with Crippen LogP contribution in [-0.2, 0) is 0 Å². The average Bonchev–Trinajstić information content (AvgIpc) is 2.20. The van der Waals surface area contributed by atoms with Crippen LogP contribution in [0.3, 0.4) is 0 Å². The molecule has 0 amide bonds. The van der Waals surface area contributed by atoms with Gasteiger partial charge in [-0.15, -0.1) is 0 Å². The van der Waals surface area contributed by atoms with Crippen molar-refractivity contribution < 1.29 is 4.39 Å². The van der Waals surface area contributed by atoms with E-state index in [2.05, 4.69) is 10.2 Å². The minimum absolute atomic E-state index is 0.248. The number of nitrogens with zero attached hydrogens (tertiary/aromatic N) is 1. The molecule has 2 saturated heterocycles. The van der Waals surface area contributed by atoms with Crippen molar-refractivity contribution in [3.63, 3.8) is 0 Å². The first-order valence-electron chi connectivity index (χ1n) is 3.79. The summed E-state index contributed by atoms with van der Waals surface area (Å²) < 4.78 is 13.6. The van der Waals surface area contributed by atoms with Crippen LogP contribution in [0.5, 0.6) is 0 Å². The molecule has 2 unspecified atom stereocenters. The van der Waals surface area contributed by atoms with E-state index in [9.17, 15) is 4.39 Å². The summed E-state index contributed by atoms with van der Waals surface area (Å²) >= 11 is 0. The SMILES string of the molecule is CN1CC2CNCC2(F)C1. The van der Waals surface area contributed by atoms with E-state index < -0.39 is 5.67 Å². The van der Waals surface area contributed by atoms with Gasteiger partial charge in [0.25, 0.3) is 0 Å². The topological polar surface area (TPSA) is 15.3 Å². The van der Waals surface area contributed by atoms with E-state index in [0.29, 0.717) is 13.1 Å². The molecular weight excluding hydrogens is 131 g/mol. The molecule has 3 heteroatoms. The third-order valence-corrected chi connectivity index (χ3v) is 2.61. The van der Waals surface area contributed by atoms with Crippen molar-refractivity contribution in [1.82, 2.24) is 10.2 Å². The zero-order valence-corrected chi connectivity index (χ0v) is 6.23. The number of rotatable bonds is 0. The highest BCUT2D eigenvalue weighted by atomic mass is 19.1. The quantitative estimate of drug-likeness (QED) is 0.509. The van der Waals surface area contributed by atoms with Gasteiger partial charge in [0.15, 0.2) is 0 Å². The fourth-order valence-corrected chi connectivity index (χ4v) is 2.08. The standard InChI is InChI=1S/C7H13FN2/c1-10-3-6-2-9-4-7(6,8)5-10/h6,9H,2-5H2,1H3. The van der Waals surface area contributed by atoms with Gasteiger partial charge in [-0.05, 0) is 7.05 Å². The maximum Gasteiger partial charge on any atom is 0.141 e. The Bertz CT molecular complexity index is 151. The van der Waals surface area contributed by atoms with Gasteiger partial charge in [-0.1, -0.05) is 0 Å². The molecule has 0 saturated carbocycles. The molecule has 0 aromatic heterocycles. The molecule has 2 nitrogen and oxygen atoms in total. The third kappa shape index (κ3) is 0.772. The van der Waals surface area contributed by atoms with Crippen molar-refractivity contribution in [3.8, 4) is 0 Å². The van der Waals surface area contributed by atoms with Gasteiger partial charge in [0.1, 0.15) is 5.67 Å². The molecule has 0 aromatic carbocycles. The van der Waals surface area contributed by atoms with Crippen LogP contribution in [0.4, 0.5) is 4.39 Å². The second kappa shape index (κ2) is 1.92. The van der Waals surface area contributed by atoms with E-state index in [1.54, 1.807) is 0 Å². The van der Waals surface area contributed by atoms with Crippen molar-refractivity contribution in [1.29, 1.82) is 0 Å². The first-order valence-corrected chi connectivity index (χ1v) is 3.79. The number of hydrogen-bond donors (Lipinski definition) is 1. The Morgan fingerprint density at radius 1 is 1.70 bits per heavy atom. The predicted octanol–water partition coefficient (Wildman–Crippen LogP) is -0.141. The maximum absolute atomic E-state index is 13.6. The first kappa shape index (κ1) is 6.55. The van der Waals surface area contributed by atoms with Crippen molar-refractivity contribution >= 4 is 0 Å². The fraction of sp³-hybridized carbons (Fsp3) is 1.00. The molecule has 0 radical (unpaired) electrons. The highest BCUT2D eigenvalue weighted by Crippen LogP contribution is 2.33. The Morgan fingerprint density at radius 3 is 3.20 bits per heavy atom. The van der Waals surface area contributed by atoms with Crippen molar-refractivity contribution in [2.24, 2.45) is 5.92 Å². The molecule has 58 valence electrons. The molecule has 10 heavy (non-hydrogen) atoms. The predicted molar refractivity (Wildman–Crippen MR) is 37.7 cm³/mol. The van der Waals surface area contributed by atoms with Crippen LogP contribution in [0, 0.1) is 5.92 Å². The van der Waals surface area contributed by atoms with E-state index in [4.69, 9.17) is 0 Å². The highest BCUT2D eigenvalue weighted by molar-refractivity contribution is 5.03. The van der Waals surface area contributed by atoms with Gasteiger partial charge < -0.3 is 10.2 Å². The van der Waals surface area contributed by atoms with Gasteiger partial charge in [0.05, 0.1) is 0 Å². The van der Waals surface area contributed by atoms with Crippen LogP contribution in [0.25, 0.3) is 0 Å². The summed E-state index contributed by atoms with van der Waals surface area (Å²) in [6, 6.07) is 0. The lowest BCUT2D eigenvalue weighted by molar-refractivity contribution is 0.167. The van der Waals surface area contributed by atoms with E-state index >= 15 is 0 Å². The number of hydrogen-bond acceptors (Lipinski definition) is 2. The molecule has 2 heterocycles. The zero-order chi connectivity index (χ0) is 7.19. The second-order valence-corrected chi connectivity index (χ2v) is 3.56. The van der Waals surface area contributed by atoms with Gasteiger partial charge in [-0.25, -0.2) is 4.39 Å². The van der Waals surface area contributed by atoms with Crippen LogP contribution in [0.15, 0.2) is 0 Å². The minimum atomic E-state index is -0.908. The summed E-state index contributed by atoms with van der Waals surface area (Å²) in [5.74, 6) is 0.248. The normalized spacial score (nSPS) is 48.0. The van der Waals surface area contributed by atoms with Crippen LogP contribution in [0.1, 0.15) is 0 Å². The van der Waals surface area contributed by atoms with Crippen LogP contribution in [-0.4, -0.2) is 43.8 Å². The molecule has 2 aliphatic rings. The largest absolute Gasteiger partial charge is 0.313 e. The summed E-state index contributed by atoms with van der Waals surface area (Å²) in [6.45, 7) is 2.96. The minimum Gasteiger partial charge on any atom is -0.313 e. The number of alkyl halides is 1. The smallest absolute Gasteiger partial charge is 0.141 e. The van der Waals surface area contributed by atoms with Gasteiger partial charge in [-0.3, -0.25) is 0 Å². The average molecular weight is 144 g/mol. The van der Waals surface area contributed by atoms with Crippen molar-refractivity contribution in [3.05, 3.63) is 0 Å². The van der Waals surface area contributed by atoms with Crippen molar-refractivity contribution in [2.45, 2.75) is 5.67 Å². The Balaban J connectivity index is 2.15. The Morgan fingerprint density at radius 2 is 2.50 bits per heavy atom. The summed E-state index contributed by atoms with van der Waals surface area (Å²) in [7, 11) is 1.99. The van der Waals surface area contributed by atoms with E-state index in [-0.39, 0.29) is 5.92 Å². The number of likely N-dealkylation sites (tertiary alicyclic amines) is 1. The summed E-state index contributed by atoms with van der Waals surface area (Å²) in [5.41, 5.74) is -0.908. The van der Waals surface area contributed by atoms with Crippen LogP contribution < -0.4 is 5.32 Å². The second-order valence-electron chi connectivity index (χ2n) is 3.56. The lowest BCUT2D eigenvalue weighted by atomic mass is 9.97. The highest BCUT2D eigenvalue weighted by Gasteiger charge is 2.49. The summed E-state index contributed by atoms with van der Waals surface area (Å²) in [4.78, 5) is 2.07. The van der Waals surface area contributed by atoms with Gasteiger partial charge >= 0.3 is 0 Å². The van der Waals surface area contributed by atoms with E-state index in [0.717, 1.165) is 13.1 Å². The van der Waals surface area contributed by atoms with Gasteiger partial charge in [0.2, 0.25) is 0 Å². The van der Waals surface area contributed by atoms with Crippen LogP contribution >= 0.6 is 0 Å². The number of halogens is 1. The number of fused-ring (bicyclic) bond motifs is 1. The molecule has 2 atom stereocenters. The van der Waals surface area contributed by atoms with Crippen LogP contribution in [0.2, 0.25) is 0 Å². The molecule has 0 bridgehead atoms.